The average Bonchev–Trinajstić information content (AvgIpc) is 3.35. The number of anilines is 1. The number of unbranched alkanes of at least 4 members (excludes halogenated alkanes) is 1. The van der Waals surface area contributed by atoms with E-state index in [1.807, 2.05) is 13.2 Å². The molecule has 0 bridgehead atoms. The van der Waals surface area contributed by atoms with E-state index < -0.39 is 53.4 Å². The fourth-order valence-corrected chi connectivity index (χ4v) is 4.74. The van der Waals surface area contributed by atoms with Crippen LogP contribution in [-0.4, -0.2) is 87.0 Å². The molecule has 0 spiro atoms. The number of amides is 1. The predicted molar refractivity (Wildman–Crippen MR) is 128 cm³/mol. The molecular weight excluding hydrogens is 502 g/mol. The van der Waals surface area contributed by atoms with Crippen molar-refractivity contribution in [2.45, 2.75) is 63.2 Å². The molecule has 0 saturated carbocycles. The number of hydrogen-bond donors (Lipinski definition) is 5. The lowest BCUT2D eigenvalue weighted by Crippen LogP contribution is -2.45. The number of aryl methyl sites for hydroxylation is 1. The molecule has 3 heterocycles. The van der Waals surface area contributed by atoms with Gasteiger partial charge in [0.1, 0.15) is 29.7 Å². The van der Waals surface area contributed by atoms with Gasteiger partial charge >= 0.3 is 10.3 Å². The van der Waals surface area contributed by atoms with Crippen LogP contribution in [0.15, 0.2) is 6.33 Å². The highest BCUT2D eigenvalue weighted by atomic mass is 32.2. The lowest BCUT2D eigenvalue weighted by molar-refractivity contribution is -0.120. The number of nitrogen functional groups attached to an aromatic ring is 1. The Hall–Kier alpha value is -2.08. The van der Waals surface area contributed by atoms with Crippen LogP contribution in [0.5, 0.6) is 0 Å². The minimum Gasteiger partial charge on any atom is -0.387 e. The van der Waals surface area contributed by atoms with Gasteiger partial charge in [-0.05, 0) is 24.9 Å². The van der Waals surface area contributed by atoms with Crippen molar-refractivity contribution in [3.05, 3.63) is 12.2 Å². The fraction of sp³-hybridized carbons (Fsp3) is 0.684. The highest BCUT2D eigenvalue weighted by Crippen LogP contribution is 2.32. The molecule has 5 atom stereocenters. The third-order valence-corrected chi connectivity index (χ3v) is 6.98. The van der Waals surface area contributed by atoms with Crippen LogP contribution in [0.25, 0.3) is 11.2 Å². The molecule has 1 amide bonds. The molecule has 3 rings (SSSR count). The molecule has 16 heteroatoms. The fourth-order valence-electron chi connectivity index (χ4n) is 3.48. The Morgan fingerprint density at radius 1 is 1.37 bits per heavy atom. The van der Waals surface area contributed by atoms with Gasteiger partial charge in [-0.3, -0.25) is 13.5 Å². The van der Waals surface area contributed by atoms with Gasteiger partial charge in [0.05, 0.1) is 19.0 Å². The monoisotopic (exact) mass is 533 g/mol. The van der Waals surface area contributed by atoms with Crippen molar-refractivity contribution in [2.24, 2.45) is 5.73 Å². The van der Waals surface area contributed by atoms with E-state index in [1.165, 1.54) is 22.7 Å². The molecule has 7 N–H and O–H groups in total. The first-order valence-electron chi connectivity index (χ1n) is 11.0. The lowest BCUT2D eigenvalue weighted by atomic mass is 10.1. The summed E-state index contributed by atoms with van der Waals surface area (Å²) in [6.07, 6.45) is 0.526. The molecule has 0 radical (unpaired) electrons. The number of carbonyl (C=O) groups excluding carboxylic acids is 1. The van der Waals surface area contributed by atoms with Crippen LogP contribution in [0.1, 0.15) is 38.2 Å². The molecule has 0 unspecified atom stereocenters. The second-order valence-electron chi connectivity index (χ2n) is 8.09. The maximum Gasteiger partial charge on any atom is 0.362 e. The Bertz CT molecular complexity index is 1130. The number of imidazole rings is 1. The first kappa shape index (κ1) is 27.5. The van der Waals surface area contributed by atoms with Crippen molar-refractivity contribution in [3.8, 4) is 0 Å². The SMILES string of the molecule is CCCCc1nc(N)c2ncn([C@H]3O[C@H](COS(=O)(=O)NC(=O)[C@@H](N)CCSC)[C@@H](O)[C@@H]3O)c2n1. The zero-order valence-electron chi connectivity index (χ0n) is 19.4. The van der Waals surface area contributed by atoms with Crippen LogP contribution < -0.4 is 16.2 Å². The van der Waals surface area contributed by atoms with E-state index in [4.69, 9.17) is 20.4 Å². The van der Waals surface area contributed by atoms with Crippen molar-refractivity contribution < 1.29 is 32.3 Å². The number of aromatic nitrogens is 4. The molecule has 2 aromatic rings. The highest BCUT2D eigenvalue weighted by Gasteiger charge is 2.45. The summed E-state index contributed by atoms with van der Waals surface area (Å²) in [5, 5.41) is 21.0. The van der Waals surface area contributed by atoms with Gasteiger partial charge in [0, 0.05) is 6.42 Å². The zero-order valence-corrected chi connectivity index (χ0v) is 21.0. The first-order valence-corrected chi connectivity index (χ1v) is 13.8. The third-order valence-electron chi connectivity index (χ3n) is 5.44. The molecule has 14 nitrogen and oxygen atoms in total. The molecule has 0 aromatic carbocycles. The number of nitrogens with zero attached hydrogens (tertiary/aromatic N) is 4. The van der Waals surface area contributed by atoms with Gasteiger partial charge in [-0.15, -0.1) is 0 Å². The maximum absolute atomic E-state index is 12.1. The van der Waals surface area contributed by atoms with Crippen LogP contribution >= 0.6 is 11.8 Å². The summed E-state index contributed by atoms with van der Waals surface area (Å²) >= 11 is 1.47. The van der Waals surface area contributed by atoms with Gasteiger partial charge in [-0.2, -0.15) is 20.2 Å². The third kappa shape index (κ3) is 6.58. The molecular formula is C19H31N7O7S2. The van der Waals surface area contributed by atoms with E-state index in [0.29, 0.717) is 29.2 Å². The minimum atomic E-state index is -4.52. The van der Waals surface area contributed by atoms with Crippen LogP contribution in [0.4, 0.5) is 5.82 Å². The Kier molecular flexibility index (Phi) is 9.25. The van der Waals surface area contributed by atoms with E-state index in [1.54, 1.807) is 4.72 Å². The number of carbonyl (C=O) groups is 1. The van der Waals surface area contributed by atoms with Crippen molar-refractivity contribution in [1.29, 1.82) is 0 Å². The topological polar surface area (TPSA) is 218 Å². The van der Waals surface area contributed by atoms with Crippen molar-refractivity contribution in [2.75, 3.05) is 24.3 Å². The molecule has 2 aromatic heterocycles. The number of rotatable bonds is 12. The quantitative estimate of drug-likeness (QED) is 0.217. The van der Waals surface area contributed by atoms with E-state index >= 15 is 0 Å². The molecule has 1 aliphatic heterocycles. The normalized spacial score (nSPS) is 23.6. The molecule has 0 aliphatic carbocycles. The standard InChI is InChI=1S/C19H31N7O7S2/c1-3-4-5-12-23-16(21)13-17(24-12)26(9-22-13)19-15(28)14(27)11(33-19)8-32-35(30,31)25-18(29)10(20)6-7-34-2/h9-11,14-15,19,27-28H,3-8,20H2,1-2H3,(H,25,29)(H2,21,23,24)/t10-,11+,14+,15-,19-/m0/s1. The van der Waals surface area contributed by atoms with E-state index in [0.717, 1.165) is 12.8 Å². The van der Waals surface area contributed by atoms with E-state index in [9.17, 15) is 23.4 Å². The van der Waals surface area contributed by atoms with Gasteiger partial charge in [0.2, 0.25) is 0 Å². The summed E-state index contributed by atoms with van der Waals surface area (Å²) in [4.78, 5) is 24.9. The van der Waals surface area contributed by atoms with Crippen molar-refractivity contribution in [3.63, 3.8) is 0 Å². The Morgan fingerprint density at radius 3 is 2.80 bits per heavy atom. The second-order valence-corrected chi connectivity index (χ2v) is 10.4. The number of fused-ring (bicyclic) bond motifs is 1. The van der Waals surface area contributed by atoms with Gasteiger partial charge in [-0.25, -0.2) is 19.7 Å². The summed E-state index contributed by atoms with van der Waals surface area (Å²) in [6.45, 7) is 1.37. The molecule has 1 fully saturated rings. The van der Waals surface area contributed by atoms with Crippen molar-refractivity contribution in [1.82, 2.24) is 24.2 Å². The first-order chi connectivity index (χ1) is 16.6. The number of nitrogens with two attached hydrogens (primary N) is 2. The van der Waals surface area contributed by atoms with Gasteiger partial charge in [-0.1, -0.05) is 13.3 Å². The Labute approximate surface area is 207 Å². The predicted octanol–water partition coefficient (Wildman–Crippen LogP) is -1.17. The summed E-state index contributed by atoms with van der Waals surface area (Å²) in [5.74, 6) is 0.344. The molecule has 1 saturated heterocycles. The van der Waals surface area contributed by atoms with Crippen LogP contribution in [0.3, 0.4) is 0 Å². The Morgan fingerprint density at radius 2 is 2.11 bits per heavy atom. The Balaban J connectivity index is 1.69. The summed E-state index contributed by atoms with van der Waals surface area (Å²) in [7, 11) is -4.52. The van der Waals surface area contributed by atoms with E-state index in [-0.39, 0.29) is 12.2 Å². The zero-order chi connectivity index (χ0) is 25.8. The molecule has 196 valence electrons. The smallest absolute Gasteiger partial charge is 0.362 e. The molecule has 35 heavy (non-hydrogen) atoms. The molecule has 1 aliphatic rings. The van der Waals surface area contributed by atoms with Crippen molar-refractivity contribution >= 4 is 45.0 Å². The van der Waals surface area contributed by atoms with Crippen LogP contribution in [-0.2, 0) is 30.4 Å². The summed E-state index contributed by atoms with van der Waals surface area (Å²) in [6, 6.07) is -1.02. The van der Waals surface area contributed by atoms with Crippen LogP contribution in [0, 0.1) is 0 Å². The lowest BCUT2D eigenvalue weighted by Gasteiger charge is -2.17. The number of thioether (sulfide) groups is 1. The summed E-state index contributed by atoms with van der Waals surface area (Å²) < 4.78 is 37.9. The van der Waals surface area contributed by atoms with E-state index in [2.05, 4.69) is 15.0 Å². The van der Waals surface area contributed by atoms with Gasteiger partial charge in [0.25, 0.3) is 5.91 Å². The number of hydrogen-bond acceptors (Lipinski definition) is 13. The number of aliphatic hydroxyl groups excluding tert-OH is 2. The maximum atomic E-state index is 12.1. The second kappa shape index (κ2) is 11.8. The average molecular weight is 534 g/mol. The minimum absolute atomic E-state index is 0.172. The van der Waals surface area contributed by atoms with Crippen LogP contribution in [0.2, 0.25) is 0 Å². The number of aliphatic hydroxyl groups is 2. The largest absolute Gasteiger partial charge is 0.387 e. The van der Waals surface area contributed by atoms with Gasteiger partial charge in [0.15, 0.2) is 17.7 Å². The number of nitrogens with one attached hydrogen (secondary N) is 1. The van der Waals surface area contributed by atoms with Gasteiger partial charge < -0.3 is 26.4 Å². The highest BCUT2D eigenvalue weighted by molar-refractivity contribution is 7.98. The summed E-state index contributed by atoms with van der Waals surface area (Å²) in [5.41, 5.74) is 12.3. The number of ether oxygens (including phenoxy) is 1.